The molecule has 176 valence electrons. The van der Waals surface area contributed by atoms with E-state index >= 15 is 0 Å². The Kier molecular flexibility index (Phi) is 7.78. The maximum Gasteiger partial charge on any atom is 0.257 e. The smallest absolute Gasteiger partial charge is 0.257 e. The normalized spacial score (nSPS) is 17.8. The lowest BCUT2D eigenvalue weighted by Crippen LogP contribution is -2.51. The summed E-state index contributed by atoms with van der Waals surface area (Å²) in [6, 6.07) is 13.0. The average molecular weight is 490 g/mol. The molecule has 2 heterocycles. The van der Waals surface area contributed by atoms with Crippen LogP contribution in [0.1, 0.15) is 28.8 Å². The number of nitrogens with zero attached hydrogens (tertiary/aromatic N) is 3. The second-order valence-corrected chi connectivity index (χ2v) is 9.52. The van der Waals surface area contributed by atoms with Crippen molar-refractivity contribution < 1.29 is 14.3 Å². The predicted octanol–water partition coefficient (Wildman–Crippen LogP) is 4.20. The van der Waals surface area contributed by atoms with Crippen LogP contribution in [0.4, 0.5) is 0 Å². The minimum absolute atomic E-state index is 0.0326. The Hall–Kier alpha value is -2.28. The van der Waals surface area contributed by atoms with Crippen molar-refractivity contribution in [3.8, 4) is 5.75 Å². The van der Waals surface area contributed by atoms with Gasteiger partial charge >= 0.3 is 0 Å². The molecule has 0 N–H and O–H groups in total. The summed E-state index contributed by atoms with van der Waals surface area (Å²) < 4.78 is 5.33. The fourth-order valence-corrected chi connectivity index (χ4v) is 5.01. The van der Waals surface area contributed by atoms with Crippen molar-refractivity contribution in [3.05, 3.63) is 63.6 Å². The van der Waals surface area contributed by atoms with Gasteiger partial charge < -0.3 is 14.5 Å². The molecule has 4 rings (SSSR count). The number of methoxy groups -OCH3 is 1. The monoisotopic (exact) mass is 489 g/mol. The molecule has 2 fully saturated rings. The van der Waals surface area contributed by atoms with Gasteiger partial charge in [-0.25, -0.2) is 0 Å². The van der Waals surface area contributed by atoms with Gasteiger partial charge in [0, 0.05) is 61.8 Å². The first-order chi connectivity index (χ1) is 15.9. The van der Waals surface area contributed by atoms with E-state index in [4.69, 9.17) is 27.9 Å². The predicted molar refractivity (Wildman–Crippen MR) is 130 cm³/mol. The zero-order valence-corrected chi connectivity index (χ0v) is 20.3. The van der Waals surface area contributed by atoms with Crippen LogP contribution in [0.2, 0.25) is 10.0 Å². The van der Waals surface area contributed by atoms with E-state index in [9.17, 15) is 9.59 Å². The van der Waals surface area contributed by atoms with Crippen LogP contribution >= 0.6 is 23.2 Å². The Morgan fingerprint density at radius 2 is 1.61 bits per heavy atom. The van der Waals surface area contributed by atoms with Crippen LogP contribution in [0.25, 0.3) is 0 Å². The molecule has 0 unspecified atom stereocenters. The molecule has 2 aromatic carbocycles. The molecule has 0 bridgehead atoms. The largest absolute Gasteiger partial charge is 0.496 e. The minimum atomic E-state index is -0.102. The summed E-state index contributed by atoms with van der Waals surface area (Å²) in [5, 5.41) is 1.25. The van der Waals surface area contributed by atoms with Crippen LogP contribution in [0.3, 0.4) is 0 Å². The van der Waals surface area contributed by atoms with Gasteiger partial charge in [0.2, 0.25) is 5.91 Å². The summed E-state index contributed by atoms with van der Waals surface area (Å²) in [6.45, 7) is 5.13. The molecule has 0 aromatic heterocycles. The Morgan fingerprint density at radius 1 is 0.909 bits per heavy atom. The van der Waals surface area contributed by atoms with Gasteiger partial charge in [-0.3, -0.25) is 14.5 Å². The molecule has 33 heavy (non-hydrogen) atoms. The second kappa shape index (κ2) is 10.8. The highest BCUT2D eigenvalue weighted by atomic mass is 35.5. The van der Waals surface area contributed by atoms with E-state index in [0.717, 1.165) is 37.7 Å². The van der Waals surface area contributed by atoms with E-state index in [2.05, 4.69) is 11.0 Å². The summed E-state index contributed by atoms with van der Waals surface area (Å²) in [4.78, 5) is 32.2. The summed E-state index contributed by atoms with van der Waals surface area (Å²) in [7, 11) is 1.54. The van der Waals surface area contributed by atoms with E-state index in [-0.39, 0.29) is 17.7 Å². The SMILES string of the molecule is COc1ccc(Cl)cc1C(=O)N1CCC(C(=O)N2CCN(Cc3cccc(Cl)c3)CC2)CC1. The first-order valence-corrected chi connectivity index (χ1v) is 12.1. The highest BCUT2D eigenvalue weighted by Crippen LogP contribution is 2.27. The molecule has 0 saturated carbocycles. The van der Waals surface area contributed by atoms with Crippen molar-refractivity contribution in [2.45, 2.75) is 19.4 Å². The lowest BCUT2D eigenvalue weighted by molar-refractivity contribution is -0.138. The van der Waals surface area contributed by atoms with Crippen molar-refractivity contribution in [1.29, 1.82) is 0 Å². The summed E-state index contributed by atoms with van der Waals surface area (Å²) in [5.41, 5.74) is 1.65. The molecule has 2 amide bonds. The number of ether oxygens (including phenoxy) is 1. The number of likely N-dealkylation sites (tertiary alicyclic amines) is 1. The van der Waals surface area contributed by atoms with E-state index < -0.39 is 0 Å². The quantitative estimate of drug-likeness (QED) is 0.631. The Labute approximate surface area is 205 Å². The van der Waals surface area contributed by atoms with Crippen molar-refractivity contribution in [1.82, 2.24) is 14.7 Å². The van der Waals surface area contributed by atoms with Crippen molar-refractivity contribution >= 4 is 35.0 Å². The first-order valence-electron chi connectivity index (χ1n) is 11.3. The van der Waals surface area contributed by atoms with Crippen LogP contribution in [0.5, 0.6) is 5.75 Å². The maximum absolute atomic E-state index is 13.1. The number of halogens is 2. The van der Waals surface area contributed by atoms with E-state index in [1.807, 2.05) is 23.1 Å². The zero-order chi connectivity index (χ0) is 23.4. The third-order valence-electron chi connectivity index (χ3n) is 6.50. The topological polar surface area (TPSA) is 53.1 Å². The third kappa shape index (κ3) is 5.81. The van der Waals surface area contributed by atoms with Gasteiger partial charge in [-0.1, -0.05) is 35.3 Å². The van der Waals surface area contributed by atoms with Gasteiger partial charge in [0.25, 0.3) is 5.91 Å². The zero-order valence-electron chi connectivity index (χ0n) is 18.8. The van der Waals surface area contributed by atoms with Gasteiger partial charge in [0.05, 0.1) is 12.7 Å². The second-order valence-electron chi connectivity index (χ2n) is 8.64. The number of carbonyl (C=O) groups excluding carboxylic acids is 2. The van der Waals surface area contributed by atoms with Gasteiger partial charge in [-0.15, -0.1) is 0 Å². The lowest BCUT2D eigenvalue weighted by atomic mass is 9.94. The average Bonchev–Trinajstić information content (AvgIpc) is 2.84. The molecule has 2 aliphatic heterocycles. The fourth-order valence-electron chi connectivity index (χ4n) is 4.63. The number of rotatable bonds is 5. The summed E-state index contributed by atoms with van der Waals surface area (Å²) in [6.07, 6.45) is 1.35. The number of piperidine rings is 1. The molecule has 2 aromatic rings. The molecule has 0 atom stereocenters. The third-order valence-corrected chi connectivity index (χ3v) is 6.97. The van der Waals surface area contributed by atoms with Gasteiger partial charge in [-0.05, 0) is 48.7 Å². The minimum Gasteiger partial charge on any atom is -0.496 e. The Bertz CT molecular complexity index is 1000. The Morgan fingerprint density at radius 3 is 2.27 bits per heavy atom. The van der Waals surface area contributed by atoms with E-state index in [1.54, 1.807) is 30.2 Å². The Balaban J connectivity index is 1.27. The van der Waals surface area contributed by atoms with Crippen LogP contribution in [-0.4, -0.2) is 72.9 Å². The van der Waals surface area contributed by atoms with E-state index in [0.29, 0.717) is 42.3 Å². The number of hydrogen-bond donors (Lipinski definition) is 0. The molecule has 6 nitrogen and oxygen atoms in total. The fraction of sp³-hybridized carbons (Fsp3) is 0.440. The van der Waals surface area contributed by atoms with Crippen molar-refractivity contribution in [2.75, 3.05) is 46.4 Å². The molecule has 0 aliphatic carbocycles. The van der Waals surface area contributed by atoms with Crippen LogP contribution < -0.4 is 4.74 Å². The summed E-state index contributed by atoms with van der Waals surface area (Å²) >= 11 is 12.2. The molecular formula is C25H29Cl2N3O3. The van der Waals surface area contributed by atoms with E-state index in [1.165, 1.54) is 5.56 Å². The molecule has 0 radical (unpaired) electrons. The number of amides is 2. The maximum atomic E-state index is 13.1. The van der Waals surface area contributed by atoms with Crippen LogP contribution in [0.15, 0.2) is 42.5 Å². The van der Waals surface area contributed by atoms with Crippen LogP contribution in [0, 0.1) is 5.92 Å². The van der Waals surface area contributed by atoms with Crippen molar-refractivity contribution in [3.63, 3.8) is 0 Å². The molecule has 0 spiro atoms. The highest BCUT2D eigenvalue weighted by molar-refractivity contribution is 6.31. The number of benzene rings is 2. The van der Waals surface area contributed by atoms with Gasteiger partial charge in [0.15, 0.2) is 0 Å². The standard InChI is InChI=1S/C25H29Cl2N3O3/c1-33-23-6-5-21(27)16-22(23)25(32)29-9-7-19(8-10-29)24(31)30-13-11-28(12-14-30)17-18-3-2-4-20(26)15-18/h2-6,15-16,19H,7-14,17H2,1H3. The molecule has 2 saturated heterocycles. The number of piperazine rings is 1. The highest BCUT2D eigenvalue weighted by Gasteiger charge is 2.32. The lowest BCUT2D eigenvalue weighted by Gasteiger charge is -2.38. The van der Waals surface area contributed by atoms with Gasteiger partial charge in [-0.2, -0.15) is 0 Å². The van der Waals surface area contributed by atoms with Crippen LogP contribution in [-0.2, 0) is 11.3 Å². The van der Waals surface area contributed by atoms with Crippen molar-refractivity contribution in [2.24, 2.45) is 5.92 Å². The summed E-state index contributed by atoms with van der Waals surface area (Å²) in [5.74, 6) is 0.591. The number of hydrogen-bond acceptors (Lipinski definition) is 4. The molecule has 2 aliphatic rings. The van der Waals surface area contributed by atoms with Gasteiger partial charge in [0.1, 0.15) is 5.75 Å². The number of carbonyl (C=O) groups is 2. The molecule has 8 heteroatoms. The molecular weight excluding hydrogens is 461 g/mol. The first kappa shape index (κ1) is 23.9.